The average Bonchev–Trinajstić information content (AvgIpc) is 2.25. The predicted molar refractivity (Wildman–Crippen MR) is 86.0 cm³/mol. The molecular formula is C17H25BrO2. The lowest BCUT2D eigenvalue weighted by molar-refractivity contribution is -0.0407. The number of aliphatic hydroxyl groups excluding tert-OH is 1. The van der Waals surface area contributed by atoms with Gasteiger partial charge >= 0.3 is 0 Å². The molecule has 1 N–H and O–H groups in total. The third kappa shape index (κ3) is 3.56. The van der Waals surface area contributed by atoms with Gasteiger partial charge in [-0.3, -0.25) is 0 Å². The molecule has 20 heavy (non-hydrogen) atoms. The number of hydrogen-bond acceptors (Lipinski definition) is 2. The van der Waals surface area contributed by atoms with Crippen LogP contribution >= 0.6 is 15.9 Å². The normalized spacial score (nSPS) is 20.9. The van der Waals surface area contributed by atoms with Crippen LogP contribution in [-0.4, -0.2) is 10.7 Å². The molecule has 0 aliphatic carbocycles. The molecule has 112 valence electrons. The van der Waals surface area contributed by atoms with E-state index in [1.54, 1.807) is 0 Å². The van der Waals surface area contributed by atoms with Crippen molar-refractivity contribution in [2.75, 3.05) is 0 Å². The first-order valence-electron chi connectivity index (χ1n) is 7.48. The molecule has 0 saturated carbocycles. The molecule has 3 heteroatoms. The second-order valence-electron chi connectivity index (χ2n) is 6.88. The van der Waals surface area contributed by atoms with Crippen LogP contribution in [0.4, 0.5) is 0 Å². The molecular weight excluding hydrogens is 316 g/mol. The largest absolute Gasteiger partial charge is 0.487 e. The standard InChI is InChI=1S/C17H25BrO2/c1-11(2)8-17(9-12(3)4)10-15(19)14-6-5-13(18)7-16(14)20-17/h5-7,11-12,15,19H,8-10H2,1-4H3. The zero-order chi connectivity index (χ0) is 14.9. The summed E-state index contributed by atoms with van der Waals surface area (Å²) < 4.78 is 7.40. The third-order valence-corrected chi connectivity index (χ3v) is 4.28. The summed E-state index contributed by atoms with van der Waals surface area (Å²) in [4.78, 5) is 0. The van der Waals surface area contributed by atoms with Gasteiger partial charge in [-0.25, -0.2) is 0 Å². The SMILES string of the molecule is CC(C)CC1(CC(C)C)CC(O)c2ccc(Br)cc2O1. The number of fused-ring (bicyclic) bond motifs is 1. The van der Waals surface area contributed by atoms with Gasteiger partial charge in [0.15, 0.2) is 0 Å². The number of hydrogen-bond donors (Lipinski definition) is 1. The van der Waals surface area contributed by atoms with Crippen LogP contribution in [0.15, 0.2) is 22.7 Å². The molecule has 1 heterocycles. The van der Waals surface area contributed by atoms with Gasteiger partial charge in [0.25, 0.3) is 0 Å². The smallest absolute Gasteiger partial charge is 0.127 e. The average molecular weight is 341 g/mol. The van der Waals surface area contributed by atoms with E-state index in [1.165, 1.54) is 0 Å². The monoisotopic (exact) mass is 340 g/mol. The maximum atomic E-state index is 10.5. The second-order valence-corrected chi connectivity index (χ2v) is 7.80. The Kier molecular flexibility index (Phi) is 4.80. The number of aliphatic hydroxyl groups is 1. The van der Waals surface area contributed by atoms with Crippen molar-refractivity contribution in [1.29, 1.82) is 0 Å². The lowest BCUT2D eigenvalue weighted by atomic mass is 9.78. The highest BCUT2D eigenvalue weighted by molar-refractivity contribution is 9.10. The van der Waals surface area contributed by atoms with Crippen molar-refractivity contribution in [3.05, 3.63) is 28.2 Å². The fourth-order valence-corrected chi connectivity index (χ4v) is 3.77. The van der Waals surface area contributed by atoms with Crippen molar-refractivity contribution in [3.8, 4) is 5.75 Å². The summed E-state index contributed by atoms with van der Waals surface area (Å²) in [6, 6.07) is 5.90. The van der Waals surface area contributed by atoms with Crippen molar-refractivity contribution in [2.45, 2.75) is 58.7 Å². The van der Waals surface area contributed by atoms with Gasteiger partial charge in [-0.1, -0.05) is 49.7 Å². The Morgan fingerprint density at radius 2 is 1.85 bits per heavy atom. The van der Waals surface area contributed by atoms with Crippen LogP contribution in [0.1, 0.15) is 58.6 Å². The van der Waals surface area contributed by atoms with E-state index in [-0.39, 0.29) is 5.60 Å². The van der Waals surface area contributed by atoms with Crippen molar-refractivity contribution < 1.29 is 9.84 Å². The molecule has 1 aromatic rings. The maximum absolute atomic E-state index is 10.5. The number of ether oxygens (including phenoxy) is 1. The van der Waals surface area contributed by atoms with Gasteiger partial charge in [0.1, 0.15) is 11.4 Å². The van der Waals surface area contributed by atoms with Gasteiger partial charge in [-0.2, -0.15) is 0 Å². The fraction of sp³-hybridized carbons (Fsp3) is 0.647. The van der Waals surface area contributed by atoms with Gasteiger partial charge in [0, 0.05) is 16.5 Å². The van der Waals surface area contributed by atoms with E-state index in [9.17, 15) is 5.11 Å². The first kappa shape index (κ1) is 15.8. The first-order valence-corrected chi connectivity index (χ1v) is 8.27. The summed E-state index contributed by atoms with van der Waals surface area (Å²) in [6.45, 7) is 8.87. The fourth-order valence-electron chi connectivity index (χ4n) is 3.43. The third-order valence-electron chi connectivity index (χ3n) is 3.79. The number of benzene rings is 1. The molecule has 0 radical (unpaired) electrons. The highest BCUT2D eigenvalue weighted by Gasteiger charge is 2.41. The Labute approximate surface area is 130 Å². The summed E-state index contributed by atoms with van der Waals surface area (Å²) in [5, 5.41) is 10.5. The zero-order valence-electron chi connectivity index (χ0n) is 12.8. The molecule has 1 aromatic carbocycles. The minimum absolute atomic E-state index is 0.241. The van der Waals surface area contributed by atoms with Crippen molar-refractivity contribution in [1.82, 2.24) is 0 Å². The van der Waals surface area contributed by atoms with Crippen LogP contribution in [0.2, 0.25) is 0 Å². The van der Waals surface area contributed by atoms with Crippen LogP contribution in [0.25, 0.3) is 0 Å². The molecule has 1 aliphatic rings. The Morgan fingerprint density at radius 3 is 2.40 bits per heavy atom. The van der Waals surface area contributed by atoms with E-state index >= 15 is 0 Å². The van der Waals surface area contributed by atoms with E-state index in [0.29, 0.717) is 18.3 Å². The molecule has 0 fully saturated rings. The Balaban J connectivity index is 2.36. The summed E-state index contributed by atoms with van der Waals surface area (Å²) in [6.07, 6.45) is 2.23. The second kappa shape index (κ2) is 6.07. The molecule has 0 amide bonds. The molecule has 2 rings (SSSR count). The Morgan fingerprint density at radius 1 is 1.25 bits per heavy atom. The van der Waals surface area contributed by atoms with Gasteiger partial charge in [0.05, 0.1) is 6.10 Å². The minimum atomic E-state index is -0.427. The van der Waals surface area contributed by atoms with E-state index in [2.05, 4.69) is 43.6 Å². The highest BCUT2D eigenvalue weighted by Crippen LogP contribution is 2.45. The lowest BCUT2D eigenvalue weighted by Gasteiger charge is -2.43. The van der Waals surface area contributed by atoms with Crippen LogP contribution in [0.5, 0.6) is 5.75 Å². The van der Waals surface area contributed by atoms with E-state index in [0.717, 1.165) is 28.6 Å². The van der Waals surface area contributed by atoms with Crippen LogP contribution < -0.4 is 4.74 Å². The molecule has 0 bridgehead atoms. The Hall–Kier alpha value is -0.540. The summed E-state index contributed by atoms with van der Waals surface area (Å²) in [5.41, 5.74) is 0.673. The first-order chi connectivity index (χ1) is 9.31. The molecule has 0 aromatic heterocycles. The topological polar surface area (TPSA) is 29.5 Å². The van der Waals surface area contributed by atoms with Crippen LogP contribution in [-0.2, 0) is 0 Å². The zero-order valence-corrected chi connectivity index (χ0v) is 14.4. The van der Waals surface area contributed by atoms with Crippen LogP contribution in [0, 0.1) is 11.8 Å². The van der Waals surface area contributed by atoms with E-state index < -0.39 is 6.10 Å². The minimum Gasteiger partial charge on any atom is -0.487 e. The van der Waals surface area contributed by atoms with E-state index in [4.69, 9.17) is 4.74 Å². The Bertz CT molecular complexity index is 458. The molecule has 2 nitrogen and oxygen atoms in total. The molecule has 0 saturated heterocycles. The van der Waals surface area contributed by atoms with Crippen molar-refractivity contribution >= 4 is 15.9 Å². The van der Waals surface area contributed by atoms with Crippen molar-refractivity contribution in [2.24, 2.45) is 11.8 Å². The van der Waals surface area contributed by atoms with Gasteiger partial charge in [-0.15, -0.1) is 0 Å². The summed E-state index contributed by atoms with van der Waals surface area (Å²) in [5.74, 6) is 1.93. The predicted octanol–water partition coefficient (Wildman–Crippen LogP) is 5.10. The van der Waals surface area contributed by atoms with E-state index in [1.807, 2.05) is 18.2 Å². The molecule has 1 aliphatic heterocycles. The summed E-state index contributed by atoms with van der Waals surface area (Å²) in [7, 11) is 0. The highest BCUT2D eigenvalue weighted by atomic mass is 79.9. The van der Waals surface area contributed by atoms with Crippen molar-refractivity contribution in [3.63, 3.8) is 0 Å². The number of rotatable bonds is 4. The quantitative estimate of drug-likeness (QED) is 0.826. The molecule has 1 unspecified atom stereocenters. The maximum Gasteiger partial charge on any atom is 0.127 e. The lowest BCUT2D eigenvalue weighted by Crippen LogP contribution is -2.43. The van der Waals surface area contributed by atoms with Gasteiger partial charge in [0.2, 0.25) is 0 Å². The van der Waals surface area contributed by atoms with Crippen LogP contribution in [0.3, 0.4) is 0 Å². The number of halogens is 1. The molecule has 1 atom stereocenters. The van der Waals surface area contributed by atoms with Gasteiger partial charge < -0.3 is 9.84 Å². The summed E-state index contributed by atoms with van der Waals surface area (Å²) >= 11 is 3.49. The van der Waals surface area contributed by atoms with Gasteiger partial charge in [-0.05, 0) is 36.8 Å². The molecule has 0 spiro atoms.